The van der Waals surface area contributed by atoms with Gasteiger partial charge < -0.3 is 15.8 Å². The zero-order chi connectivity index (χ0) is 14.1. The molecule has 0 aromatic heterocycles. The van der Waals surface area contributed by atoms with E-state index in [4.69, 9.17) is 5.73 Å². The third kappa shape index (κ3) is 8.40. The van der Waals surface area contributed by atoms with Gasteiger partial charge in [0, 0.05) is 12.8 Å². The molecule has 0 aromatic rings. The van der Waals surface area contributed by atoms with Gasteiger partial charge >= 0.3 is 5.97 Å². The number of hydrogen-bond acceptors (Lipinski definition) is 5. The number of nitrogens with one attached hydrogen (secondary N) is 1. The van der Waals surface area contributed by atoms with Crippen molar-refractivity contribution in [2.45, 2.75) is 26.2 Å². The molecule has 0 atom stereocenters. The van der Waals surface area contributed by atoms with Crippen molar-refractivity contribution in [2.24, 2.45) is 5.73 Å². The first kappa shape index (κ1) is 16.2. The molecule has 0 aliphatic carbocycles. The van der Waals surface area contributed by atoms with Gasteiger partial charge in [0.05, 0.1) is 0 Å². The zero-order valence-corrected chi connectivity index (χ0v) is 11.0. The van der Waals surface area contributed by atoms with Crippen LogP contribution in [0.1, 0.15) is 26.2 Å². The highest BCUT2D eigenvalue weighted by Gasteiger charge is 2.09. The highest BCUT2D eigenvalue weighted by Crippen LogP contribution is 2.03. The minimum absolute atomic E-state index is 0.0688. The highest BCUT2D eigenvalue weighted by atomic mass is 32.1. The fourth-order valence-electron chi connectivity index (χ4n) is 0.998. The van der Waals surface area contributed by atoms with E-state index < -0.39 is 18.5 Å². The van der Waals surface area contributed by atoms with E-state index >= 15 is 0 Å². The lowest BCUT2D eigenvalue weighted by Gasteiger charge is -2.04. The van der Waals surface area contributed by atoms with Gasteiger partial charge in [0.15, 0.2) is 17.5 Å². The van der Waals surface area contributed by atoms with Gasteiger partial charge in [-0.2, -0.15) is 0 Å². The van der Waals surface area contributed by atoms with Gasteiger partial charge in [0.1, 0.15) is 0 Å². The van der Waals surface area contributed by atoms with E-state index in [2.05, 4.69) is 28.9 Å². The van der Waals surface area contributed by atoms with E-state index in [1.54, 1.807) is 6.92 Å². The molecular weight excluding hydrogens is 256 g/mol. The number of carbonyl (C=O) groups excluding carboxylic acids is 3. The minimum Gasteiger partial charge on any atom is -0.456 e. The molecule has 0 aliphatic rings. The summed E-state index contributed by atoms with van der Waals surface area (Å²) in [5.74, 6) is -1.23. The second-order valence-electron chi connectivity index (χ2n) is 3.63. The minimum atomic E-state index is -0.589. The molecule has 1 amide bonds. The Hall–Kier alpha value is -1.76. The molecule has 0 unspecified atom stereocenters. The van der Waals surface area contributed by atoms with E-state index in [9.17, 15) is 14.4 Å². The van der Waals surface area contributed by atoms with Crippen LogP contribution in [0.4, 0.5) is 0 Å². The van der Waals surface area contributed by atoms with Crippen LogP contribution >= 0.6 is 12.2 Å². The van der Waals surface area contributed by atoms with Crippen molar-refractivity contribution in [1.82, 2.24) is 5.32 Å². The first-order valence-electron chi connectivity index (χ1n) is 5.26. The predicted octanol–water partition coefficient (Wildman–Crippen LogP) is 0.205. The van der Waals surface area contributed by atoms with Crippen LogP contribution in [0.15, 0.2) is 12.2 Å². The summed E-state index contributed by atoms with van der Waals surface area (Å²) in [5, 5.41) is 1.94. The molecule has 0 aliphatic heterocycles. The molecule has 0 spiro atoms. The molecule has 0 saturated heterocycles. The van der Waals surface area contributed by atoms with Crippen molar-refractivity contribution in [3.63, 3.8) is 0 Å². The SMILES string of the molecule is C=C(C)C(=O)CCCC(=O)OCC(=O)NC(N)=S. The fourth-order valence-corrected chi connectivity index (χ4v) is 1.11. The van der Waals surface area contributed by atoms with Crippen LogP contribution in [0, 0.1) is 0 Å². The largest absolute Gasteiger partial charge is 0.456 e. The standard InChI is InChI=1S/C11H16N2O4S/c1-7(2)8(14)4-3-5-10(16)17-6-9(15)13-11(12)18/h1,3-6H2,2H3,(H3,12,13,15,18). The Morgan fingerprint density at radius 1 is 1.33 bits per heavy atom. The maximum atomic E-state index is 11.2. The van der Waals surface area contributed by atoms with Gasteiger partial charge in [-0.3, -0.25) is 14.4 Å². The third-order valence-electron chi connectivity index (χ3n) is 1.89. The molecule has 0 fully saturated rings. The van der Waals surface area contributed by atoms with Crippen LogP contribution in [0.2, 0.25) is 0 Å². The van der Waals surface area contributed by atoms with E-state index in [1.165, 1.54) is 0 Å². The van der Waals surface area contributed by atoms with Gasteiger partial charge in [0.25, 0.3) is 5.91 Å². The molecule has 18 heavy (non-hydrogen) atoms. The number of esters is 1. The van der Waals surface area contributed by atoms with Crippen LogP contribution in [0.25, 0.3) is 0 Å². The summed E-state index contributed by atoms with van der Waals surface area (Å²) >= 11 is 4.43. The molecule has 100 valence electrons. The summed E-state index contributed by atoms with van der Waals surface area (Å²) in [4.78, 5) is 33.4. The smallest absolute Gasteiger partial charge is 0.306 e. The highest BCUT2D eigenvalue weighted by molar-refractivity contribution is 7.80. The number of thiocarbonyl (C=S) groups is 1. The Kier molecular flexibility index (Phi) is 7.53. The number of ketones is 1. The molecule has 0 rings (SSSR count). The Labute approximate surface area is 111 Å². The van der Waals surface area contributed by atoms with E-state index in [0.717, 1.165) is 0 Å². The zero-order valence-electron chi connectivity index (χ0n) is 10.2. The predicted molar refractivity (Wildman–Crippen MR) is 69.6 cm³/mol. The monoisotopic (exact) mass is 272 g/mol. The molecule has 7 heteroatoms. The Bertz CT molecular complexity index is 379. The lowest BCUT2D eigenvalue weighted by molar-refractivity contribution is -0.148. The van der Waals surface area contributed by atoms with Crippen molar-refractivity contribution in [3.05, 3.63) is 12.2 Å². The van der Waals surface area contributed by atoms with Gasteiger partial charge in [-0.25, -0.2) is 0 Å². The van der Waals surface area contributed by atoms with Crippen LogP contribution in [0.3, 0.4) is 0 Å². The third-order valence-corrected chi connectivity index (χ3v) is 1.99. The summed E-state index contributed by atoms with van der Waals surface area (Å²) in [7, 11) is 0. The van der Waals surface area contributed by atoms with Crippen molar-refractivity contribution in [2.75, 3.05) is 6.61 Å². The molecule has 0 saturated carbocycles. The Morgan fingerprint density at radius 3 is 2.44 bits per heavy atom. The maximum absolute atomic E-state index is 11.2. The van der Waals surface area contributed by atoms with Crippen molar-refractivity contribution in [1.29, 1.82) is 0 Å². The molecule has 0 bridgehead atoms. The number of nitrogens with two attached hydrogens (primary N) is 1. The molecule has 0 aromatic carbocycles. The molecular formula is C11H16N2O4S. The summed E-state index contributed by atoms with van der Waals surface area (Å²) in [5.41, 5.74) is 5.51. The summed E-state index contributed by atoms with van der Waals surface area (Å²) in [6, 6.07) is 0. The van der Waals surface area contributed by atoms with Crippen molar-refractivity contribution < 1.29 is 19.1 Å². The normalized spacial score (nSPS) is 9.39. The molecule has 0 radical (unpaired) electrons. The average molecular weight is 272 g/mol. The number of hydrogen-bond donors (Lipinski definition) is 2. The molecule has 6 nitrogen and oxygen atoms in total. The van der Waals surface area contributed by atoms with Gasteiger partial charge in [-0.1, -0.05) is 6.58 Å². The molecule has 0 heterocycles. The number of rotatable bonds is 7. The van der Waals surface area contributed by atoms with Gasteiger partial charge in [0.2, 0.25) is 0 Å². The molecule has 3 N–H and O–H groups in total. The first-order chi connectivity index (χ1) is 8.32. The fraction of sp³-hybridized carbons (Fsp3) is 0.455. The van der Waals surface area contributed by atoms with Gasteiger partial charge in [-0.05, 0) is 31.1 Å². The van der Waals surface area contributed by atoms with E-state index in [1.807, 2.05) is 0 Å². The number of amides is 1. The number of Topliss-reactive ketones (excluding diaryl/α,β-unsaturated/α-hetero) is 1. The van der Waals surface area contributed by atoms with Crippen molar-refractivity contribution >= 4 is 35.0 Å². The Morgan fingerprint density at radius 2 is 1.94 bits per heavy atom. The topological polar surface area (TPSA) is 98.5 Å². The number of allylic oxidation sites excluding steroid dienone is 1. The maximum Gasteiger partial charge on any atom is 0.306 e. The number of ether oxygens (including phenoxy) is 1. The second kappa shape index (κ2) is 8.35. The Balaban J connectivity index is 3.72. The summed E-state index contributed by atoms with van der Waals surface area (Å²) in [6.07, 6.45) is 0.671. The van der Waals surface area contributed by atoms with Crippen LogP contribution in [-0.2, 0) is 19.1 Å². The van der Waals surface area contributed by atoms with Crippen LogP contribution in [-0.4, -0.2) is 29.4 Å². The average Bonchev–Trinajstić information content (AvgIpc) is 2.25. The van der Waals surface area contributed by atoms with Crippen molar-refractivity contribution in [3.8, 4) is 0 Å². The lowest BCUT2D eigenvalue weighted by Crippen LogP contribution is -2.37. The first-order valence-corrected chi connectivity index (χ1v) is 5.67. The van der Waals surface area contributed by atoms with Gasteiger partial charge in [-0.15, -0.1) is 0 Å². The second-order valence-corrected chi connectivity index (χ2v) is 4.07. The van der Waals surface area contributed by atoms with E-state index in [-0.39, 0.29) is 23.7 Å². The van der Waals surface area contributed by atoms with Crippen LogP contribution in [0.5, 0.6) is 0 Å². The number of carbonyl (C=O) groups is 3. The lowest BCUT2D eigenvalue weighted by atomic mass is 10.1. The summed E-state index contributed by atoms with van der Waals surface area (Å²) in [6.45, 7) is 4.67. The quantitative estimate of drug-likeness (QED) is 0.390. The van der Waals surface area contributed by atoms with Crippen LogP contribution < -0.4 is 11.1 Å². The van der Waals surface area contributed by atoms with E-state index in [0.29, 0.717) is 12.0 Å². The summed E-state index contributed by atoms with van der Waals surface area (Å²) < 4.78 is 4.65.